The maximum atomic E-state index is 13.8. The normalized spacial score (nSPS) is 10.7. The zero-order chi connectivity index (χ0) is 13.4. The van der Waals surface area contributed by atoms with Crippen molar-refractivity contribution in [1.29, 1.82) is 0 Å². The van der Waals surface area contributed by atoms with E-state index in [2.05, 4.69) is 31.9 Å². The van der Waals surface area contributed by atoms with Crippen LogP contribution < -0.4 is 0 Å². The number of ketones is 1. The maximum Gasteiger partial charge on any atom is 0.208 e. The molecule has 0 N–H and O–H groups in total. The number of halogens is 4. The first kappa shape index (κ1) is 13.8. The first-order valence-electron chi connectivity index (χ1n) is 4.86. The maximum absolute atomic E-state index is 13.8. The monoisotopic (exact) mass is 394 g/mol. The van der Waals surface area contributed by atoms with E-state index in [0.29, 0.717) is 8.26 Å². The fourth-order valence-corrected chi connectivity index (χ4v) is 3.43. The minimum absolute atomic E-state index is 0.245. The van der Waals surface area contributed by atoms with Crippen molar-refractivity contribution in [3.8, 4) is 0 Å². The molecule has 0 bridgehead atoms. The van der Waals surface area contributed by atoms with Crippen molar-refractivity contribution < 1.29 is 13.6 Å². The minimum Gasteiger partial charge on any atom is -0.287 e. The van der Waals surface area contributed by atoms with Gasteiger partial charge in [-0.3, -0.25) is 4.79 Å². The number of hydrogen-bond donors (Lipinski definition) is 0. The fraction of sp³-hybridized carbons (Fsp3) is 0.0833. The topological polar surface area (TPSA) is 17.1 Å². The highest BCUT2D eigenvalue weighted by molar-refractivity contribution is 9.13. The molecule has 6 heteroatoms. The van der Waals surface area contributed by atoms with E-state index in [0.717, 1.165) is 17.4 Å². The molecule has 2 rings (SSSR count). The van der Waals surface area contributed by atoms with Gasteiger partial charge in [0, 0.05) is 4.47 Å². The standard InChI is InChI=1S/C12H6Br2F2OS/c1-5-2-3-7(15)9(10(5)16)11(17)8-4-6(13)12(14)18-8/h2-4H,1H3. The van der Waals surface area contributed by atoms with Gasteiger partial charge in [0.15, 0.2) is 0 Å². The van der Waals surface area contributed by atoms with Crippen LogP contribution in [-0.2, 0) is 0 Å². The van der Waals surface area contributed by atoms with Crippen LogP contribution in [0.25, 0.3) is 0 Å². The molecule has 0 saturated carbocycles. The van der Waals surface area contributed by atoms with Crippen LogP contribution >= 0.6 is 43.2 Å². The Labute approximate surface area is 123 Å². The van der Waals surface area contributed by atoms with Crippen LogP contribution in [0.2, 0.25) is 0 Å². The molecule has 0 radical (unpaired) electrons. The number of thiophene rings is 1. The van der Waals surface area contributed by atoms with E-state index in [9.17, 15) is 13.6 Å². The SMILES string of the molecule is Cc1ccc(F)c(C(=O)c2cc(Br)c(Br)s2)c1F. The zero-order valence-corrected chi connectivity index (χ0v) is 13.0. The van der Waals surface area contributed by atoms with Gasteiger partial charge in [0.05, 0.1) is 14.2 Å². The van der Waals surface area contributed by atoms with Gasteiger partial charge in [-0.2, -0.15) is 0 Å². The lowest BCUT2D eigenvalue weighted by atomic mass is 10.0. The largest absolute Gasteiger partial charge is 0.287 e. The smallest absolute Gasteiger partial charge is 0.208 e. The molecule has 0 amide bonds. The summed E-state index contributed by atoms with van der Waals surface area (Å²) >= 11 is 7.60. The number of hydrogen-bond acceptors (Lipinski definition) is 2. The number of rotatable bonds is 2. The minimum atomic E-state index is -0.844. The highest BCUT2D eigenvalue weighted by Gasteiger charge is 2.22. The van der Waals surface area contributed by atoms with Crippen molar-refractivity contribution >= 4 is 49.0 Å². The van der Waals surface area contributed by atoms with Gasteiger partial charge in [-0.15, -0.1) is 11.3 Å². The molecule has 0 atom stereocenters. The first-order valence-corrected chi connectivity index (χ1v) is 7.26. The van der Waals surface area contributed by atoms with Gasteiger partial charge in [-0.1, -0.05) is 6.07 Å². The molecule has 0 unspecified atom stereocenters. The lowest BCUT2D eigenvalue weighted by molar-refractivity contribution is 0.103. The first-order chi connectivity index (χ1) is 8.41. The predicted octanol–water partition coefficient (Wildman–Crippen LogP) is 5.09. The molecule has 1 nitrogen and oxygen atoms in total. The zero-order valence-electron chi connectivity index (χ0n) is 9.06. The second-order valence-corrected chi connectivity index (χ2v) is 6.84. The summed E-state index contributed by atoms with van der Waals surface area (Å²) in [5.41, 5.74) is -0.259. The Kier molecular flexibility index (Phi) is 3.99. The molecule has 1 aromatic carbocycles. The van der Waals surface area contributed by atoms with Gasteiger partial charge in [0.2, 0.25) is 5.78 Å². The van der Waals surface area contributed by atoms with Gasteiger partial charge in [-0.05, 0) is 56.5 Å². The summed E-state index contributed by atoms with van der Waals surface area (Å²) in [4.78, 5) is 12.4. The van der Waals surface area contributed by atoms with E-state index in [1.807, 2.05) is 0 Å². The molecule has 2 aromatic rings. The summed E-state index contributed by atoms with van der Waals surface area (Å²) in [6.45, 7) is 1.49. The van der Waals surface area contributed by atoms with Crippen molar-refractivity contribution in [1.82, 2.24) is 0 Å². The molecular formula is C12H6Br2F2OS. The Bertz CT molecular complexity index is 618. The molecule has 0 aliphatic carbocycles. The molecule has 1 heterocycles. The van der Waals surface area contributed by atoms with Crippen molar-refractivity contribution in [2.24, 2.45) is 0 Å². The highest BCUT2D eigenvalue weighted by Crippen LogP contribution is 2.34. The summed E-state index contributed by atoms with van der Waals surface area (Å²) in [5.74, 6) is -2.30. The van der Waals surface area contributed by atoms with Crippen LogP contribution in [0.15, 0.2) is 26.5 Å². The number of benzene rings is 1. The Morgan fingerprint density at radius 2 is 1.94 bits per heavy atom. The van der Waals surface area contributed by atoms with Gasteiger partial charge in [0.1, 0.15) is 11.6 Å². The predicted molar refractivity (Wildman–Crippen MR) is 74.2 cm³/mol. The molecule has 18 heavy (non-hydrogen) atoms. The Hall–Kier alpha value is -0.590. The average molecular weight is 396 g/mol. The molecule has 94 valence electrons. The second kappa shape index (κ2) is 5.19. The fourth-order valence-electron chi connectivity index (χ4n) is 1.45. The van der Waals surface area contributed by atoms with Gasteiger partial charge in [0.25, 0.3) is 0 Å². The van der Waals surface area contributed by atoms with Crippen LogP contribution in [0.3, 0.4) is 0 Å². The number of carbonyl (C=O) groups excluding carboxylic acids is 1. The highest BCUT2D eigenvalue weighted by atomic mass is 79.9. The second-order valence-electron chi connectivity index (χ2n) is 3.61. The van der Waals surface area contributed by atoms with E-state index in [1.165, 1.54) is 19.1 Å². The summed E-state index contributed by atoms with van der Waals surface area (Å²) in [6, 6.07) is 3.95. The van der Waals surface area contributed by atoms with E-state index in [1.54, 1.807) is 0 Å². The van der Waals surface area contributed by atoms with E-state index in [-0.39, 0.29) is 10.4 Å². The van der Waals surface area contributed by atoms with Crippen molar-refractivity contribution in [3.05, 3.63) is 54.1 Å². The number of carbonyl (C=O) groups is 1. The summed E-state index contributed by atoms with van der Waals surface area (Å²) in [5, 5.41) is 0. The summed E-state index contributed by atoms with van der Waals surface area (Å²) in [6.07, 6.45) is 0. The van der Waals surface area contributed by atoms with Crippen molar-refractivity contribution in [2.45, 2.75) is 6.92 Å². The molecule has 1 aromatic heterocycles. The average Bonchev–Trinajstić information content (AvgIpc) is 2.65. The third-order valence-corrected chi connectivity index (χ3v) is 5.64. The van der Waals surface area contributed by atoms with Crippen LogP contribution in [0, 0.1) is 18.6 Å². The van der Waals surface area contributed by atoms with Crippen LogP contribution in [0.4, 0.5) is 8.78 Å². The van der Waals surface area contributed by atoms with Crippen LogP contribution in [-0.4, -0.2) is 5.78 Å². The van der Waals surface area contributed by atoms with E-state index in [4.69, 9.17) is 0 Å². The Balaban J connectivity index is 2.56. The lowest BCUT2D eigenvalue weighted by Gasteiger charge is -2.04. The van der Waals surface area contributed by atoms with E-state index < -0.39 is 23.0 Å². The summed E-state index contributed by atoms with van der Waals surface area (Å²) in [7, 11) is 0. The molecule has 0 spiro atoms. The Morgan fingerprint density at radius 1 is 1.28 bits per heavy atom. The van der Waals surface area contributed by atoms with Crippen molar-refractivity contribution in [2.75, 3.05) is 0 Å². The molecule has 0 aliphatic heterocycles. The Morgan fingerprint density at radius 3 is 2.50 bits per heavy atom. The lowest BCUT2D eigenvalue weighted by Crippen LogP contribution is -2.07. The summed E-state index contributed by atoms with van der Waals surface area (Å²) < 4.78 is 28.8. The van der Waals surface area contributed by atoms with Gasteiger partial charge < -0.3 is 0 Å². The molecule has 0 aliphatic rings. The third kappa shape index (κ3) is 2.41. The molecule has 0 fully saturated rings. The van der Waals surface area contributed by atoms with Crippen molar-refractivity contribution in [3.63, 3.8) is 0 Å². The molecule has 0 saturated heterocycles. The van der Waals surface area contributed by atoms with E-state index >= 15 is 0 Å². The van der Waals surface area contributed by atoms with Gasteiger partial charge in [-0.25, -0.2) is 8.78 Å². The number of aryl methyl sites for hydroxylation is 1. The van der Waals surface area contributed by atoms with Crippen LogP contribution in [0.1, 0.15) is 20.8 Å². The third-order valence-electron chi connectivity index (χ3n) is 2.38. The quantitative estimate of drug-likeness (QED) is 0.647. The van der Waals surface area contributed by atoms with Gasteiger partial charge >= 0.3 is 0 Å². The van der Waals surface area contributed by atoms with Crippen LogP contribution in [0.5, 0.6) is 0 Å². The molecular weight excluding hydrogens is 390 g/mol.